The van der Waals surface area contributed by atoms with Gasteiger partial charge in [-0.05, 0) is 61.2 Å². The second-order valence-corrected chi connectivity index (χ2v) is 9.06. The van der Waals surface area contributed by atoms with E-state index in [-0.39, 0.29) is 17.2 Å². The van der Waals surface area contributed by atoms with Gasteiger partial charge in [0.05, 0.1) is 6.54 Å². The minimum Gasteiger partial charge on any atom is -0.352 e. The summed E-state index contributed by atoms with van der Waals surface area (Å²) < 4.78 is 0. The fraction of sp³-hybridized carbons (Fsp3) is 0.440. The van der Waals surface area contributed by atoms with E-state index in [2.05, 4.69) is 55.7 Å². The minimum atomic E-state index is -0.0586. The number of aryl methyl sites for hydroxylation is 1. The lowest BCUT2D eigenvalue weighted by Crippen LogP contribution is -2.27. The summed E-state index contributed by atoms with van der Waals surface area (Å²) in [5, 5.41) is 5.84. The number of hydrogen-bond acceptors (Lipinski definition) is 3. The number of nitrogens with one attached hydrogen (secondary N) is 2. The quantitative estimate of drug-likeness (QED) is 0.655. The van der Waals surface area contributed by atoms with E-state index in [4.69, 9.17) is 0 Å². The van der Waals surface area contributed by atoms with Crippen LogP contribution in [0.4, 0.5) is 5.69 Å². The zero-order valence-corrected chi connectivity index (χ0v) is 18.9. The SMILES string of the molecule is CN(C)CC(=O)Nc1cccc(CNC(=O)CCCc2ccc(C(C)(C)C)cc2)c1. The Balaban J connectivity index is 1.74. The van der Waals surface area contributed by atoms with Crippen molar-refractivity contribution in [2.24, 2.45) is 0 Å². The third-order valence-corrected chi connectivity index (χ3v) is 4.85. The topological polar surface area (TPSA) is 61.4 Å². The number of carbonyl (C=O) groups is 2. The zero-order chi connectivity index (χ0) is 22.1. The number of amides is 2. The molecule has 0 spiro atoms. The molecule has 0 heterocycles. The van der Waals surface area contributed by atoms with Gasteiger partial charge in [0.15, 0.2) is 0 Å². The molecule has 0 saturated heterocycles. The van der Waals surface area contributed by atoms with Crippen molar-refractivity contribution in [3.63, 3.8) is 0 Å². The molecule has 5 nitrogen and oxygen atoms in total. The van der Waals surface area contributed by atoms with Crippen LogP contribution < -0.4 is 10.6 Å². The molecule has 2 aromatic rings. The summed E-state index contributed by atoms with van der Waals surface area (Å²) in [5.41, 5.74) is 4.45. The Bertz CT molecular complexity index is 836. The number of anilines is 1. The molecule has 0 aliphatic rings. The Morgan fingerprint density at radius 2 is 1.63 bits per heavy atom. The van der Waals surface area contributed by atoms with Gasteiger partial charge in [-0.25, -0.2) is 0 Å². The van der Waals surface area contributed by atoms with Gasteiger partial charge in [0.25, 0.3) is 0 Å². The summed E-state index contributed by atoms with van der Waals surface area (Å²) in [6.45, 7) is 7.41. The van der Waals surface area contributed by atoms with Crippen LogP contribution in [0.2, 0.25) is 0 Å². The lowest BCUT2D eigenvalue weighted by atomic mass is 9.86. The standard InChI is InChI=1S/C25H35N3O2/c1-25(2,3)21-14-12-19(13-15-21)8-7-11-23(29)26-17-20-9-6-10-22(16-20)27-24(30)18-28(4)5/h6,9-10,12-16H,7-8,11,17-18H2,1-5H3,(H,26,29)(H,27,30). The molecule has 2 aromatic carbocycles. The van der Waals surface area contributed by atoms with Crippen LogP contribution in [0.3, 0.4) is 0 Å². The highest BCUT2D eigenvalue weighted by Gasteiger charge is 2.12. The summed E-state index contributed by atoms with van der Waals surface area (Å²) in [6, 6.07) is 16.3. The molecule has 0 bridgehead atoms. The Morgan fingerprint density at radius 3 is 2.27 bits per heavy atom. The van der Waals surface area contributed by atoms with Crippen LogP contribution in [0.15, 0.2) is 48.5 Å². The van der Waals surface area contributed by atoms with Crippen molar-refractivity contribution < 1.29 is 9.59 Å². The van der Waals surface area contributed by atoms with Crippen molar-refractivity contribution in [1.29, 1.82) is 0 Å². The molecule has 2 rings (SSSR count). The van der Waals surface area contributed by atoms with Crippen molar-refractivity contribution in [3.8, 4) is 0 Å². The van der Waals surface area contributed by atoms with Gasteiger partial charge in [0.2, 0.25) is 11.8 Å². The van der Waals surface area contributed by atoms with Crippen LogP contribution in [0.1, 0.15) is 50.3 Å². The van der Waals surface area contributed by atoms with Gasteiger partial charge in [-0.1, -0.05) is 57.2 Å². The van der Waals surface area contributed by atoms with Crippen LogP contribution >= 0.6 is 0 Å². The lowest BCUT2D eigenvalue weighted by Gasteiger charge is -2.19. The maximum Gasteiger partial charge on any atom is 0.238 e. The molecule has 0 aliphatic heterocycles. The van der Waals surface area contributed by atoms with Gasteiger partial charge in [0.1, 0.15) is 0 Å². The molecule has 0 unspecified atom stereocenters. The third-order valence-electron chi connectivity index (χ3n) is 4.85. The molecule has 0 aromatic heterocycles. The maximum absolute atomic E-state index is 12.2. The number of benzene rings is 2. The van der Waals surface area contributed by atoms with Gasteiger partial charge >= 0.3 is 0 Å². The van der Waals surface area contributed by atoms with E-state index >= 15 is 0 Å². The summed E-state index contributed by atoms with van der Waals surface area (Å²) in [6.07, 6.45) is 2.22. The number of hydrogen-bond donors (Lipinski definition) is 2. The monoisotopic (exact) mass is 409 g/mol. The molecule has 0 aliphatic carbocycles. The summed E-state index contributed by atoms with van der Waals surface area (Å²) in [7, 11) is 3.71. The zero-order valence-electron chi connectivity index (χ0n) is 18.9. The van der Waals surface area contributed by atoms with E-state index in [9.17, 15) is 9.59 Å². The maximum atomic E-state index is 12.2. The fourth-order valence-electron chi connectivity index (χ4n) is 3.16. The Morgan fingerprint density at radius 1 is 0.933 bits per heavy atom. The second-order valence-electron chi connectivity index (χ2n) is 9.06. The van der Waals surface area contributed by atoms with Crippen LogP contribution in [-0.2, 0) is 28.0 Å². The molecular weight excluding hydrogens is 374 g/mol. The van der Waals surface area contributed by atoms with Crippen molar-refractivity contribution in [2.45, 2.75) is 52.0 Å². The Hall–Kier alpha value is -2.66. The van der Waals surface area contributed by atoms with E-state index in [1.54, 1.807) is 0 Å². The van der Waals surface area contributed by atoms with Crippen LogP contribution in [0.25, 0.3) is 0 Å². The van der Waals surface area contributed by atoms with E-state index in [0.717, 1.165) is 24.1 Å². The molecule has 0 atom stereocenters. The molecule has 162 valence electrons. The molecule has 0 saturated carbocycles. The van der Waals surface area contributed by atoms with E-state index in [0.29, 0.717) is 19.5 Å². The second kappa shape index (κ2) is 10.9. The smallest absolute Gasteiger partial charge is 0.238 e. The highest BCUT2D eigenvalue weighted by molar-refractivity contribution is 5.92. The van der Waals surface area contributed by atoms with Crippen LogP contribution in [0.5, 0.6) is 0 Å². The molecule has 5 heteroatoms. The van der Waals surface area contributed by atoms with Crippen molar-refractivity contribution >= 4 is 17.5 Å². The number of rotatable bonds is 9. The highest BCUT2D eigenvalue weighted by atomic mass is 16.2. The molecule has 2 N–H and O–H groups in total. The lowest BCUT2D eigenvalue weighted by molar-refractivity contribution is -0.121. The predicted molar refractivity (Wildman–Crippen MR) is 124 cm³/mol. The Labute approximate surface area is 180 Å². The molecule has 0 radical (unpaired) electrons. The van der Waals surface area contributed by atoms with Crippen molar-refractivity contribution in [1.82, 2.24) is 10.2 Å². The molecular formula is C25H35N3O2. The van der Waals surface area contributed by atoms with Crippen molar-refractivity contribution in [3.05, 3.63) is 65.2 Å². The molecule has 0 fully saturated rings. The normalized spacial score (nSPS) is 11.4. The molecule has 30 heavy (non-hydrogen) atoms. The molecule has 2 amide bonds. The largest absolute Gasteiger partial charge is 0.352 e. The van der Waals surface area contributed by atoms with Gasteiger partial charge < -0.3 is 15.5 Å². The first-order valence-electron chi connectivity index (χ1n) is 10.5. The number of likely N-dealkylation sites (N-methyl/N-ethyl adjacent to an activating group) is 1. The van der Waals surface area contributed by atoms with Gasteiger partial charge in [0, 0.05) is 18.7 Å². The summed E-state index contributed by atoms with van der Waals surface area (Å²) >= 11 is 0. The fourth-order valence-corrected chi connectivity index (χ4v) is 3.16. The van der Waals surface area contributed by atoms with Crippen LogP contribution in [0, 0.1) is 0 Å². The highest BCUT2D eigenvalue weighted by Crippen LogP contribution is 2.22. The Kier molecular flexibility index (Phi) is 8.60. The first kappa shape index (κ1) is 23.6. The van der Waals surface area contributed by atoms with Gasteiger partial charge in [-0.2, -0.15) is 0 Å². The summed E-state index contributed by atoms with van der Waals surface area (Å²) in [5.74, 6) is -0.0138. The van der Waals surface area contributed by atoms with Crippen molar-refractivity contribution in [2.75, 3.05) is 26.0 Å². The van der Waals surface area contributed by atoms with Gasteiger partial charge in [-0.3, -0.25) is 9.59 Å². The average molecular weight is 410 g/mol. The third kappa shape index (κ3) is 8.37. The van der Waals surface area contributed by atoms with Gasteiger partial charge in [-0.15, -0.1) is 0 Å². The van der Waals surface area contributed by atoms with E-state index in [1.165, 1.54) is 11.1 Å². The van der Waals surface area contributed by atoms with Crippen LogP contribution in [-0.4, -0.2) is 37.4 Å². The predicted octanol–water partition coefficient (Wildman–Crippen LogP) is 4.12. The summed E-state index contributed by atoms with van der Waals surface area (Å²) in [4.78, 5) is 25.9. The first-order valence-corrected chi connectivity index (χ1v) is 10.5. The van der Waals surface area contributed by atoms with E-state index < -0.39 is 0 Å². The minimum absolute atomic E-state index is 0.0448. The first-order chi connectivity index (χ1) is 14.1. The van der Waals surface area contributed by atoms with E-state index in [1.807, 2.05) is 43.3 Å². The number of carbonyl (C=O) groups excluding carboxylic acids is 2. The number of nitrogens with zero attached hydrogens (tertiary/aromatic N) is 1. The average Bonchev–Trinajstić information content (AvgIpc) is 2.66.